The van der Waals surface area contributed by atoms with Crippen molar-refractivity contribution in [3.05, 3.63) is 46.7 Å². The van der Waals surface area contributed by atoms with Crippen molar-refractivity contribution in [1.82, 2.24) is 24.4 Å². The van der Waals surface area contributed by atoms with Gasteiger partial charge in [0, 0.05) is 25.0 Å². The van der Waals surface area contributed by atoms with Crippen LogP contribution < -0.4 is 10.9 Å². The first kappa shape index (κ1) is 11.2. The third-order valence-corrected chi connectivity index (χ3v) is 3.06. The molecule has 6 nitrogen and oxygen atoms in total. The summed E-state index contributed by atoms with van der Waals surface area (Å²) in [5, 5.41) is 3.28. The highest BCUT2D eigenvalue weighted by atomic mass is 16.1. The fourth-order valence-electron chi connectivity index (χ4n) is 2.19. The third-order valence-electron chi connectivity index (χ3n) is 3.06. The third kappa shape index (κ3) is 2.19. The van der Waals surface area contributed by atoms with E-state index in [0.717, 1.165) is 31.0 Å². The van der Waals surface area contributed by atoms with Gasteiger partial charge in [0.05, 0.1) is 25.1 Å². The van der Waals surface area contributed by atoms with E-state index in [4.69, 9.17) is 0 Å². The lowest BCUT2D eigenvalue weighted by Gasteiger charge is -2.10. The monoisotopic (exact) mass is 245 g/mol. The number of hydrogen-bond donors (Lipinski definition) is 1. The first-order valence-corrected chi connectivity index (χ1v) is 6.09. The summed E-state index contributed by atoms with van der Waals surface area (Å²) in [5.41, 5.74) is 0.826. The summed E-state index contributed by atoms with van der Waals surface area (Å²) in [6, 6.07) is 1.62. The van der Waals surface area contributed by atoms with Crippen molar-refractivity contribution in [1.29, 1.82) is 0 Å². The fraction of sp³-hybridized carbons (Fsp3) is 0.417. The molecule has 0 unspecified atom stereocenters. The summed E-state index contributed by atoms with van der Waals surface area (Å²) in [6.07, 6.45) is 6.28. The Labute approximate surface area is 104 Å². The molecule has 94 valence electrons. The van der Waals surface area contributed by atoms with Gasteiger partial charge in [-0.2, -0.15) is 0 Å². The SMILES string of the molecule is O=c1cc(Cn2ccnc2)nc2n1CCCNC2. The Morgan fingerprint density at radius 2 is 2.39 bits per heavy atom. The minimum atomic E-state index is 0.0406. The van der Waals surface area contributed by atoms with E-state index in [1.165, 1.54) is 0 Å². The van der Waals surface area contributed by atoms with Gasteiger partial charge in [-0.1, -0.05) is 0 Å². The van der Waals surface area contributed by atoms with Crippen LogP contribution in [-0.2, 0) is 19.6 Å². The van der Waals surface area contributed by atoms with Gasteiger partial charge in [-0.3, -0.25) is 9.36 Å². The maximum absolute atomic E-state index is 12.0. The standard InChI is InChI=1S/C12H15N5O/c18-12-6-10(8-16-5-3-14-9-16)15-11-7-13-2-1-4-17(11)12/h3,5-6,9,13H,1-2,4,7-8H2. The largest absolute Gasteiger partial charge is 0.331 e. The van der Waals surface area contributed by atoms with Crippen molar-refractivity contribution in [2.45, 2.75) is 26.1 Å². The van der Waals surface area contributed by atoms with Gasteiger partial charge in [-0.05, 0) is 13.0 Å². The number of rotatable bonds is 2. The molecule has 0 fully saturated rings. The van der Waals surface area contributed by atoms with Crippen LogP contribution in [0.1, 0.15) is 17.9 Å². The molecule has 1 N–H and O–H groups in total. The zero-order valence-corrected chi connectivity index (χ0v) is 10.0. The van der Waals surface area contributed by atoms with Gasteiger partial charge in [0.25, 0.3) is 5.56 Å². The minimum Gasteiger partial charge on any atom is -0.331 e. The molecule has 0 aliphatic carbocycles. The van der Waals surface area contributed by atoms with Crippen LogP contribution in [-0.4, -0.2) is 25.6 Å². The number of fused-ring (bicyclic) bond motifs is 1. The van der Waals surface area contributed by atoms with E-state index < -0.39 is 0 Å². The Morgan fingerprint density at radius 1 is 1.44 bits per heavy atom. The molecule has 2 aromatic heterocycles. The molecule has 0 radical (unpaired) electrons. The summed E-state index contributed by atoms with van der Waals surface area (Å²) in [7, 11) is 0. The topological polar surface area (TPSA) is 64.7 Å². The second kappa shape index (κ2) is 4.73. The first-order valence-electron chi connectivity index (χ1n) is 6.09. The summed E-state index contributed by atoms with van der Waals surface area (Å²) in [6.45, 7) is 2.93. The van der Waals surface area contributed by atoms with Gasteiger partial charge >= 0.3 is 0 Å². The maximum atomic E-state index is 12.0. The Bertz CT molecular complexity index is 587. The van der Waals surface area contributed by atoms with E-state index in [9.17, 15) is 4.79 Å². The number of nitrogens with one attached hydrogen (secondary N) is 1. The molecule has 3 rings (SSSR count). The molecule has 0 saturated heterocycles. The Morgan fingerprint density at radius 3 is 3.22 bits per heavy atom. The highest BCUT2D eigenvalue weighted by Crippen LogP contribution is 2.03. The van der Waals surface area contributed by atoms with E-state index in [1.807, 2.05) is 10.8 Å². The van der Waals surface area contributed by atoms with Crippen molar-refractivity contribution in [2.75, 3.05) is 6.54 Å². The van der Waals surface area contributed by atoms with Crippen LogP contribution in [0.5, 0.6) is 0 Å². The molecule has 2 aromatic rings. The summed E-state index contributed by atoms with van der Waals surface area (Å²) >= 11 is 0. The molecule has 1 aliphatic rings. The molecule has 1 aliphatic heterocycles. The Hall–Kier alpha value is -1.95. The van der Waals surface area contributed by atoms with Crippen LogP contribution in [0.15, 0.2) is 29.6 Å². The lowest BCUT2D eigenvalue weighted by Crippen LogP contribution is -2.26. The van der Waals surface area contributed by atoms with E-state index >= 15 is 0 Å². The quantitative estimate of drug-likeness (QED) is 0.807. The summed E-state index contributed by atoms with van der Waals surface area (Å²) in [4.78, 5) is 20.6. The van der Waals surface area contributed by atoms with E-state index in [-0.39, 0.29) is 5.56 Å². The molecule has 0 saturated carbocycles. The van der Waals surface area contributed by atoms with Crippen molar-refractivity contribution >= 4 is 0 Å². The van der Waals surface area contributed by atoms with Crippen LogP contribution in [0.3, 0.4) is 0 Å². The maximum Gasteiger partial charge on any atom is 0.253 e. The van der Waals surface area contributed by atoms with Crippen LogP contribution in [0.2, 0.25) is 0 Å². The molecule has 18 heavy (non-hydrogen) atoms. The zero-order chi connectivity index (χ0) is 12.4. The lowest BCUT2D eigenvalue weighted by atomic mass is 10.3. The number of aromatic nitrogens is 4. The second-order valence-electron chi connectivity index (χ2n) is 4.42. The second-order valence-corrected chi connectivity index (χ2v) is 4.42. The predicted molar refractivity (Wildman–Crippen MR) is 66.1 cm³/mol. The van der Waals surface area contributed by atoms with Crippen LogP contribution in [0.25, 0.3) is 0 Å². The first-order chi connectivity index (χ1) is 8.83. The predicted octanol–water partition coefficient (Wildman–Crippen LogP) is -0.0186. The van der Waals surface area contributed by atoms with Gasteiger partial charge in [0.15, 0.2) is 0 Å². The Kier molecular flexibility index (Phi) is 2.93. The molecular weight excluding hydrogens is 230 g/mol. The molecule has 3 heterocycles. The van der Waals surface area contributed by atoms with Crippen molar-refractivity contribution in [3.8, 4) is 0 Å². The average Bonchev–Trinajstić information content (AvgIpc) is 2.73. The zero-order valence-electron chi connectivity index (χ0n) is 10.0. The fourth-order valence-corrected chi connectivity index (χ4v) is 2.19. The average molecular weight is 245 g/mol. The highest BCUT2D eigenvalue weighted by molar-refractivity contribution is 5.06. The van der Waals surface area contributed by atoms with E-state index in [0.29, 0.717) is 13.1 Å². The van der Waals surface area contributed by atoms with Gasteiger partial charge in [0.1, 0.15) is 5.82 Å². The van der Waals surface area contributed by atoms with Crippen LogP contribution in [0, 0.1) is 0 Å². The number of nitrogens with zero attached hydrogens (tertiary/aromatic N) is 4. The van der Waals surface area contributed by atoms with Gasteiger partial charge in [-0.25, -0.2) is 9.97 Å². The Balaban J connectivity index is 1.95. The van der Waals surface area contributed by atoms with Crippen LogP contribution >= 0.6 is 0 Å². The molecular formula is C12H15N5O. The molecule has 0 atom stereocenters. The smallest absolute Gasteiger partial charge is 0.253 e. The number of hydrogen-bond acceptors (Lipinski definition) is 4. The van der Waals surface area contributed by atoms with E-state index in [2.05, 4.69) is 15.3 Å². The molecule has 6 heteroatoms. The van der Waals surface area contributed by atoms with Crippen molar-refractivity contribution in [2.24, 2.45) is 0 Å². The normalized spacial score (nSPS) is 15.1. The van der Waals surface area contributed by atoms with E-state index in [1.54, 1.807) is 23.2 Å². The number of imidazole rings is 1. The summed E-state index contributed by atoms with van der Waals surface area (Å²) < 4.78 is 3.67. The van der Waals surface area contributed by atoms with Gasteiger partial charge in [-0.15, -0.1) is 0 Å². The summed E-state index contributed by atoms with van der Waals surface area (Å²) in [5.74, 6) is 0.829. The highest BCUT2D eigenvalue weighted by Gasteiger charge is 2.11. The molecule has 0 aromatic carbocycles. The molecule has 0 amide bonds. The van der Waals surface area contributed by atoms with Gasteiger partial charge < -0.3 is 9.88 Å². The van der Waals surface area contributed by atoms with Gasteiger partial charge in [0.2, 0.25) is 0 Å². The van der Waals surface area contributed by atoms with Crippen LogP contribution in [0.4, 0.5) is 0 Å². The van der Waals surface area contributed by atoms with Crippen molar-refractivity contribution in [3.63, 3.8) is 0 Å². The lowest BCUT2D eigenvalue weighted by molar-refractivity contribution is 0.613. The minimum absolute atomic E-state index is 0.0406. The van der Waals surface area contributed by atoms with Crippen molar-refractivity contribution < 1.29 is 0 Å². The molecule has 0 spiro atoms. The molecule has 0 bridgehead atoms.